The second-order valence-corrected chi connectivity index (χ2v) is 4.89. The molecule has 4 nitrogen and oxygen atoms in total. The average Bonchev–Trinajstić information content (AvgIpc) is 2.75. The molecule has 0 aliphatic carbocycles. The molecule has 0 spiro atoms. The highest BCUT2D eigenvalue weighted by Gasteiger charge is 2.18. The predicted octanol–water partition coefficient (Wildman–Crippen LogP) is 2.02. The van der Waals surface area contributed by atoms with Gasteiger partial charge in [0.2, 0.25) is 0 Å². The van der Waals surface area contributed by atoms with E-state index >= 15 is 0 Å². The number of benzene rings is 1. The van der Waals surface area contributed by atoms with Crippen molar-refractivity contribution in [2.45, 2.75) is 13.0 Å². The molecule has 2 amide bonds. The first-order valence-corrected chi connectivity index (χ1v) is 6.56. The topological polar surface area (TPSA) is 44.4 Å². The minimum Gasteiger partial charge on any atom is -0.336 e. The molecule has 1 saturated heterocycles. The van der Waals surface area contributed by atoms with Crippen molar-refractivity contribution in [1.29, 1.82) is 0 Å². The largest absolute Gasteiger partial charge is 0.336 e. The van der Waals surface area contributed by atoms with Gasteiger partial charge in [0.15, 0.2) is 0 Å². The second-order valence-electron chi connectivity index (χ2n) is 4.45. The van der Waals surface area contributed by atoms with Crippen molar-refractivity contribution in [2.75, 3.05) is 26.2 Å². The summed E-state index contributed by atoms with van der Waals surface area (Å²) in [5.41, 5.74) is 1.16. The van der Waals surface area contributed by atoms with Gasteiger partial charge in [0.1, 0.15) is 0 Å². The molecular weight excluding hydrogens is 250 g/mol. The van der Waals surface area contributed by atoms with Crippen LogP contribution in [0, 0.1) is 0 Å². The van der Waals surface area contributed by atoms with E-state index in [1.54, 1.807) is 0 Å². The smallest absolute Gasteiger partial charge is 0.317 e. The third kappa shape index (κ3) is 3.37. The predicted molar refractivity (Wildman–Crippen MR) is 72.8 cm³/mol. The first-order chi connectivity index (χ1) is 8.66. The summed E-state index contributed by atoms with van der Waals surface area (Å²) in [6, 6.07) is 8.09. The van der Waals surface area contributed by atoms with Gasteiger partial charge < -0.3 is 15.5 Å². The summed E-state index contributed by atoms with van der Waals surface area (Å²) in [5.74, 6) is 0. The third-order valence-electron chi connectivity index (χ3n) is 3.13. The van der Waals surface area contributed by atoms with Crippen LogP contribution < -0.4 is 10.6 Å². The molecule has 1 aliphatic rings. The molecule has 1 atom stereocenters. The van der Waals surface area contributed by atoms with Crippen LogP contribution in [0.3, 0.4) is 0 Å². The zero-order valence-corrected chi connectivity index (χ0v) is 11.2. The fourth-order valence-corrected chi connectivity index (χ4v) is 2.23. The standard InChI is InChI=1S/C13H18ClN3O/c1-10(11-3-2-4-12(14)9-11)15-5-7-17-8-6-16-13(17)18/h2-4,9-10,15H,5-8H2,1H3,(H,16,18)/t10-/m0/s1. The Morgan fingerprint density at radius 1 is 1.56 bits per heavy atom. The van der Waals surface area contributed by atoms with Crippen molar-refractivity contribution in [3.8, 4) is 0 Å². The van der Waals surface area contributed by atoms with Crippen LogP contribution in [0.5, 0.6) is 0 Å². The van der Waals surface area contributed by atoms with Gasteiger partial charge in [-0.25, -0.2) is 4.79 Å². The summed E-state index contributed by atoms with van der Waals surface area (Å²) in [5, 5.41) is 6.93. The van der Waals surface area contributed by atoms with E-state index in [9.17, 15) is 4.79 Å². The number of nitrogens with zero attached hydrogens (tertiary/aromatic N) is 1. The van der Waals surface area contributed by atoms with Crippen LogP contribution in [-0.2, 0) is 0 Å². The highest BCUT2D eigenvalue weighted by molar-refractivity contribution is 6.30. The van der Waals surface area contributed by atoms with Crippen molar-refractivity contribution in [2.24, 2.45) is 0 Å². The van der Waals surface area contributed by atoms with Crippen LogP contribution >= 0.6 is 11.6 Å². The maximum Gasteiger partial charge on any atom is 0.317 e. The van der Waals surface area contributed by atoms with Crippen LogP contribution in [0.1, 0.15) is 18.5 Å². The Labute approximate surface area is 112 Å². The summed E-state index contributed by atoms with van der Waals surface area (Å²) >= 11 is 5.96. The molecule has 0 saturated carbocycles. The van der Waals surface area contributed by atoms with E-state index in [0.717, 1.165) is 36.8 Å². The van der Waals surface area contributed by atoms with Gasteiger partial charge in [0.25, 0.3) is 0 Å². The Morgan fingerprint density at radius 2 is 2.39 bits per heavy atom. The number of halogens is 1. The summed E-state index contributed by atoms with van der Waals surface area (Å²) in [6.07, 6.45) is 0. The van der Waals surface area contributed by atoms with Gasteiger partial charge >= 0.3 is 6.03 Å². The molecule has 2 N–H and O–H groups in total. The molecule has 0 unspecified atom stereocenters. The van der Waals surface area contributed by atoms with E-state index in [1.807, 2.05) is 29.2 Å². The fourth-order valence-electron chi connectivity index (χ4n) is 2.03. The summed E-state index contributed by atoms with van der Waals surface area (Å²) < 4.78 is 0. The molecule has 1 aliphatic heterocycles. The van der Waals surface area contributed by atoms with E-state index < -0.39 is 0 Å². The van der Waals surface area contributed by atoms with Gasteiger partial charge in [-0.15, -0.1) is 0 Å². The molecule has 1 aromatic carbocycles. The van der Waals surface area contributed by atoms with E-state index in [-0.39, 0.29) is 12.1 Å². The maximum atomic E-state index is 11.3. The minimum atomic E-state index is 0.0345. The molecule has 5 heteroatoms. The SMILES string of the molecule is C[C@H](NCCN1CCNC1=O)c1cccc(Cl)c1. The second kappa shape index (κ2) is 6.07. The number of amides is 2. The summed E-state index contributed by atoms with van der Waals surface area (Å²) in [6.45, 7) is 5.16. The molecule has 0 aromatic heterocycles. The van der Waals surface area contributed by atoms with Crippen LogP contribution in [0.4, 0.5) is 4.79 Å². The normalized spacial score (nSPS) is 16.8. The highest BCUT2D eigenvalue weighted by Crippen LogP contribution is 2.16. The Balaban J connectivity index is 1.78. The number of nitrogens with one attached hydrogen (secondary N) is 2. The lowest BCUT2D eigenvalue weighted by atomic mass is 10.1. The molecular formula is C13H18ClN3O. The van der Waals surface area contributed by atoms with Crippen LogP contribution in [0.25, 0.3) is 0 Å². The van der Waals surface area contributed by atoms with E-state index in [4.69, 9.17) is 11.6 Å². The van der Waals surface area contributed by atoms with Gasteiger partial charge in [-0.1, -0.05) is 23.7 Å². The zero-order valence-electron chi connectivity index (χ0n) is 10.4. The van der Waals surface area contributed by atoms with Gasteiger partial charge in [0.05, 0.1) is 0 Å². The Morgan fingerprint density at radius 3 is 3.06 bits per heavy atom. The molecule has 98 valence electrons. The maximum absolute atomic E-state index is 11.3. The van der Waals surface area contributed by atoms with Gasteiger partial charge in [-0.05, 0) is 24.6 Å². The molecule has 1 heterocycles. The molecule has 2 rings (SSSR count). The van der Waals surface area contributed by atoms with Crippen molar-refractivity contribution < 1.29 is 4.79 Å². The zero-order chi connectivity index (χ0) is 13.0. The molecule has 1 aromatic rings. The van der Waals surface area contributed by atoms with Crippen LogP contribution in [0.2, 0.25) is 5.02 Å². The number of carbonyl (C=O) groups is 1. The van der Waals surface area contributed by atoms with Crippen LogP contribution in [-0.4, -0.2) is 37.1 Å². The fraction of sp³-hybridized carbons (Fsp3) is 0.462. The van der Waals surface area contributed by atoms with Crippen LogP contribution in [0.15, 0.2) is 24.3 Å². The molecule has 1 fully saturated rings. The van der Waals surface area contributed by atoms with Gasteiger partial charge in [0, 0.05) is 37.2 Å². The Kier molecular flexibility index (Phi) is 4.44. The van der Waals surface area contributed by atoms with Crippen molar-refractivity contribution in [3.63, 3.8) is 0 Å². The lowest BCUT2D eigenvalue weighted by Crippen LogP contribution is -2.35. The number of rotatable bonds is 5. The summed E-state index contributed by atoms with van der Waals surface area (Å²) in [4.78, 5) is 13.2. The number of hydrogen-bond donors (Lipinski definition) is 2. The van der Waals surface area contributed by atoms with Crippen molar-refractivity contribution >= 4 is 17.6 Å². The van der Waals surface area contributed by atoms with E-state index in [1.165, 1.54) is 0 Å². The number of carbonyl (C=O) groups excluding carboxylic acids is 1. The quantitative estimate of drug-likeness (QED) is 0.857. The third-order valence-corrected chi connectivity index (χ3v) is 3.36. The first kappa shape index (κ1) is 13.2. The van der Waals surface area contributed by atoms with Gasteiger partial charge in [-0.2, -0.15) is 0 Å². The lowest BCUT2D eigenvalue weighted by molar-refractivity contribution is 0.217. The summed E-state index contributed by atoms with van der Waals surface area (Å²) in [7, 11) is 0. The van der Waals surface area contributed by atoms with Gasteiger partial charge in [-0.3, -0.25) is 0 Å². The minimum absolute atomic E-state index is 0.0345. The molecule has 18 heavy (non-hydrogen) atoms. The molecule has 0 radical (unpaired) electrons. The molecule has 0 bridgehead atoms. The average molecular weight is 268 g/mol. The van der Waals surface area contributed by atoms with Crippen molar-refractivity contribution in [1.82, 2.24) is 15.5 Å². The number of urea groups is 1. The first-order valence-electron chi connectivity index (χ1n) is 6.18. The Hall–Kier alpha value is -1.26. The van der Waals surface area contributed by atoms with Crippen molar-refractivity contribution in [3.05, 3.63) is 34.9 Å². The highest BCUT2D eigenvalue weighted by atomic mass is 35.5. The van der Waals surface area contributed by atoms with E-state index in [2.05, 4.69) is 17.6 Å². The lowest BCUT2D eigenvalue weighted by Gasteiger charge is -2.18. The Bertz CT molecular complexity index is 424. The number of hydrogen-bond acceptors (Lipinski definition) is 2. The monoisotopic (exact) mass is 267 g/mol. The van der Waals surface area contributed by atoms with E-state index in [0.29, 0.717) is 0 Å².